The van der Waals surface area contributed by atoms with Crippen molar-refractivity contribution in [3.8, 4) is 0 Å². The van der Waals surface area contributed by atoms with E-state index in [4.69, 9.17) is 0 Å². The minimum Gasteiger partial charge on any atom is -0.357 e. The largest absolute Gasteiger partial charge is 0.357 e. The predicted octanol–water partition coefficient (Wildman–Crippen LogP) is 3.23. The van der Waals surface area contributed by atoms with E-state index < -0.39 is 0 Å². The van der Waals surface area contributed by atoms with Crippen LogP contribution in [0.25, 0.3) is 10.9 Å². The number of nitrogens with one attached hydrogen (secondary N) is 2. The minimum atomic E-state index is 0.636. The molecule has 1 aromatic heterocycles. The average Bonchev–Trinajstić information content (AvgIpc) is 3.01. The molecule has 120 valence electrons. The van der Waals surface area contributed by atoms with Crippen LogP contribution in [0.3, 0.4) is 0 Å². The monoisotopic (exact) mass is 307 g/mol. The van der Waals surface area contributed by atoms with Crippen LogP contribution in [0.5, 0.6) is 0 Å². The summed E-state index contributed by atoms with van der Waals surface area (Å²) >= 11 is 0. The molecule has 3 nitrogen and oxygen atoms in total. The lowest BCUT2D eigenvalue weighted by atomic mass is 9.61. The van der Waals surface area contributed by atoms with Gasteiger partial charge in [-0.3, -0.25) is 4.90 Å². The van der Waals surface area contributed by atoms with Crippen LogP contribution >= 0.6 is 0 Å². The van der Waals surface area contributed by atoms with E-state index in [-0.39, 0.29) is 0 Å². The number of aromatic nitrogens is 1. The van der Waals surface area contributed by atoms with E-state index in [0.717, 1.165) is 23.9 Å². The van der Waals surface area contributed by atoms with Gasteiger partial charge < -0.3 is 10.3 Å². The molecule has 0 radical (unpaired) electrons. The summed E-state index contributed by atoms with van der Waals surface area (Å²) in [6.07, 6.45) is 6.89. The molecule has 7 rings (SSSR count). The van der Waals surface area contributed by atoms with Crippen molar-refractivity contribution in [3.63, 3.8) is 0 Å². The Morgan fingerprint density at radius 3 is 3.00 bits per heavy atom. The molecule has 2 aromatic rings. The van der Waals surface area contributed by atoms with Crippen LogP contribution in [0.2, 0.25) is 0 Å². The molecule has 0 unspecified atom stereocenters. The smallest absolute Gasteiger partial charge is 0.0547 e. The standard InChI is InChI=1S/C20H25N3/c1-2-6-16-12(4-1)13-9-11-23-17-8-7-15(20(23)19(13)22-16)18-14(17)5-3-10-21-18/h1-2,4,6,14-15,17-18,20-22H,3,5,7-11H2/t14-,15-,17-,18-,20+/m0/s1. The number of H-pyrrole nitrogens is 1. The molecule has 4 fully saturated rings. The molecule has 5 atom stereocenters. The maximum absolute atomic E-state index is 3.91. The molecule has 3 heteroatoms. The first kappa shape index (κ1) is 13.0. The maximum atomic E-state index is 3.91. The third-order valence-corrected chi connectivity index (χ3v) is 7.26. The van der Waals surface area contributed by atoms with Crippen molar-refractivity contribution in [2.24, 2.45) is 11.8 Å². The molecular weight excluding hydrogens is 282 g/mol. The molecular formula is C20H25N3. The number of piperidine rings is 3. The number of hydrogen-bond donors (Lipinski definition) is 2. The number of hydrogen-bond acceptors (Lipinski definition) is 2. The zero-order valence-electron chi connectivity index (χ0n) is 13.6. The van der Waals surface area contributed by atoms with Gasteiger partial charge in [-0.25, -0.2) is 0 Å². The van der Waals surface area contributed by atoms with E-state index >= 15 is 0 Å². The lowest BCUT2D eigenvalue weighted by Gasteiger charge is -2.61. The molecule has 0 amide bonds. The molecule has 1 saturated carbocycles. The van der Waals surface area contributed by atoms with Gasteiger partial charge in [0.25, 0.3) is 0 Å². The van der Waals surface area contributed by atoms with E-state index in [0.29, 0.717) is 6.04 Å². The lowest BCUT2D eigenvalue weighted by Crippen LogP contribution is -2.67. The summed E-state index contributed by atoms with van der Waals surface area (Å²) < 4.78 is 0. The van der Waals surface area contributed by atoms with E-state index in [9.17, 15) is 0 Å². The fourth-order valence-corrected chi connectivity index (χ4v) is 6.48. The second kappa shape index (κ2) is 4.61. The Balaban J connectivity index is 1.50. The maximum Gasteiger partial charge on any atom is 0.0547 e. The van der Waals surface area contributed by atoms with Gasteiger partial charge in [-0.05, 0) is 62.1 Å². The van der Waals surface area contributed by atoms with Crippen molar-refractivity contribution >= 4 is 10.9 Å². The van der Waals surface area contributed by atoms with Crippen LogP contribution in [0.15, 0.2) is 24.3 Å². The molecule has 5 heterocycles. The van der Waals surface area contributed by atoms with Crippen LogP contribution in [0.1, 0.15) is 43.0 Å². The summed E-state index contributed by atoms with van der Waals surface area (Å²) in [4.78, 5) is 6.72. The van der Waals surface area contributed by atoms with E-state index in [1.165, 1.54) is 56.1 Å². The fraction of sp³-hybridized carbons (Fsp3) is 0.600. The van der Waals surface area contributed by atoms with E-state index in [2.05, 4.69) is 39.5 Å². The topological polar surface area (TPSA) is 31.1 Å². The first-order valence-corrected chi connectivity index (χ1v) is 9.50. The highest BCUT2D eigenvalue weighted by Crippen LogP contribution is 2.54. The first-order valence-electron chi connectivity index (χ1n) is 9.50. The Morgan fingerprint density at radius 1 is 1.04 bits per heavy atom. The van der Waals surface area contributed by atoms with Gasteiger partial charge in [0.2, 0.25) is 0 Å². The van der Waals surface area contributed by atoms with E-state index in [1.54, 1.807) is 11.3 Å². The van der Waals surface area contributed by atoms with Gasteiger partial charge in [-0.2, -0.15) is 0 Å². The van der Waals surface area contributed by atoms with Crippen molar-refractivity contribution in [1.82, 2.24) is 15.2 Å². The molecule has 5 aliphatic rings. The van der Waals surface area contributed by atoms with Crippen LogP contribution in [0.4, 0.5) is 0 Å². The van der Waals surface area contributed by atoms with Gasteiger partial charge >= 0.3 is 0 Å². The fourth-order valence-electron chi connectivity index (χ4n) is 6.48. The van der Waals surface area contributed by atoms with Crippen LogP contribution < -0.4 is 5.32 Å². The molecule has 3 saturated heterocycles. The Bertz CT molecular complexity index is 763. The van der Waals surface area contributed by atoms with E-state index in [1.807, 2.05) is 0 Å². The third-order valence-electron chi connectivity index (χ3n) is 7.26. The highest BCUT2D eigenvalue weighted by atomic mass is 15.3. The van der Waals surface area contributed by atoms with Crippen molar-refractivity contribution in [2.75, 3.05) is 13.1 Å². The first-order chi connectivity index (χ1) is 11.4. The van der Waals surface area contributed by atoms with Gasteiger partial charge in [0.15, 0.2) is 0 Å². The molecule has 2 bridgehead atoms. The van der Waals surface area contributed by atoms with Gasteiger partial charge in [-0.1, -0.05) is 18.2 Å². The Morgan fingerprint density at radius 2 is 2.00 bits per heavy atom. The van der Waals surface area contributed by atoms with Gasteiger partial charge in [0, 0.05) is 35.2 Å². The quantitative estimate of drug-likeness (QED) is 0.783. The highest BCUT2D eigenvalue weighted by Gasteiger charge is 2.55. The van der Waals surface area contributed by atoms with Gasteiger partial charge in [0.1, 0.15) is 0 Å². The molecule has 4 aliphatic heterocycles. The Kier molecular flexibility index (Phi) is 2.61. The second-order valence-electron chi connectivity index (χ2n) is 8.09. The molecule has 1 aliphatic carbocycles. The zero-order valence-corrected chi connectivity index (χ0v) is 13.6. The second-order valence-corrected chi connectivity index (χ2v) is 8.09. The molecule has 23 heavy (non-hydrogen) atoms. The van der Waals surface area contributed by atoms with Crippen molar-refractivity contribution in [3.05, 3.63) is 35.5 Å². The van der Waals surface area contributed by atoms with Crippen LogP contribution in [-0.2, 0) is 6.42 Å². The highest BCUT2D eigenvalue weighted by molar-refractivity contribution is 5.85. The van der Waals surface area contributed by atoms with Gasteiger partial charge in [-0.15, -0.1) is 0 Å². The van der Waals surface area contributed by atoms with Crippen molar-refractivity contribution < 1.29 is 0 Å². The summed E-state index contributed by atoms with van der Waals surface area (Å²) in [6, 6.07) is 11.1. The number of fused-ring (bicyclic) bond motifs is 4. The van der Waals surface area contributed by atoms with Gasteiger partial charge in [0.05, 0.1) is 6.04 Å². The lowest BCUT2D eigenvalue weighted by molar-refractivity contribution is -0.0920. The minimum absolute atomic E-state index is 0.636. The normalized spacial score (nSPS) is 39.0. The van der Waals surface area contributed by atoms with Crippen LogP contribution in [0, 0.1) is 11.8 Å². The summed E-state index contributed by atoms with van der Waals surface area (Å²) in [5.74, 6) is 1.71. The number of aromatic amines is 1. The number of rotatable bonds is 0. The predicted molar refractivity (Wildman–Crippen MR) is 92.5 cm³/mol. The summed E-state index contributed by atoms with van der Waals surface area (Å²) in [5.41, 5.74) is 4.51. The number of benzene rings is 1. The SMILES string of the molecule is c1ccc2c3c([nH]c2c1)[C@H]1[C@H]2CC[C@@H]([C@@H]4CCCN[C@@H]42)N1CC3. The van der Waals surface area contributed by atoms with Crippen molar-refractivity contribution in [1.29, 1.82) is 0 Å². The molecule has 2 N–H and O–H groups in total. The van der Waals surface area contributed by atoms with Crippen LogP contribution in [-0.4, -0.2) is 35.1 Å². The molecule has 1 aromatic carbocycles. The molecule has 0 spiro atoms. The zero-order chi connectivity index (χ0) is 15.0. The summed E-state index contributed by atoms with van der Waals surface area (Å²) in [6.45, 7) is 2.50. The summed E-state index contributed by atoms with van der Waals surface area (Å²) in [5, 5.41) is 5.38. The number of nitrogens with zero attached hydrogens (tertiary/aromatic N) is 1. The number of para-hydroxylation sites is 1. The third kappa shape index (κ3) is 1.62. The van der Waals surface area contributed by atoms with Crippen molar-refractivity contribution in [2.45, 2.75) is 50.2 Å². The Hall–Kier alpha value is -1.32. The Labute approximate surface area is 137 Å². The summed E-state index contributed by atoms with van der Waals surface area (Å²) in [7, 11) is 0. The average molecular weight is 307 g/mol.